The van der Waals surface area contributed by atoms with Gasteiger partial charge in [0.2, 0.25) is 0 Å². The molecule has 0 aliphatic heterocycles. The van der Waals surface area contributed by atoms with Crippen molar-refractivity contribution in [2.75, 3.05) is 0 Å². The topological polar surface area (TPSA) is 108 Å². The van der Waals surface area contributed by atoms with Crippen molar-refractivity contribution in [1.82, 2.24) is 30.3 Å². The molecular formula is C18H22N6O2. The van der Waals surface area contributed by atoms with Crippen molar-refractivity contribution < 1.29 is 4.79 Å². The van der Waals surface area contributed by atoms with Gasteiger partial charge >= 0.3 is 0 Å². The lowest BCUT2D eigenvalue weighted by Crippen LogP contribution is -2.28. The SMILES string of the molecule is Cc1cc(C)c(CNC(=O)c2cc(-c3c(C)nn(C)c3C)n[nH]2)c(=O)[nH]1. The molecule has 0 aliphatic carbocycles. The van der Waals surface area contributed by atoms with E-state index in [1.807, 2.05) is 40.8 Å². The normalized spacial score (nSPS) is 11.0. The second-order valence-electron chi connectivity index (χ2n) is 6.46. The van der Waals surface area contributed by atoms with Gasteiger partial charge in [-0.2, -0.15) is 10.2 Å². The number of hydrogen-bond donors (Lipinski definition) is 3. The number of aromatic nitrogens is 5. The van der Waals surface area contributed by atoms with Gasteiger partial charge in [0.1, 0.15) is 5.69 Å². The number of H-pyrrole nitrogens is 2. The molecule has 0 saturated heterocycles. The fourth-order valence-corrected chi connectivity index (χ4v) is 3.08. The minimum Gasteiger partial charge on any atom is -0.346 e. The van der Waals surface area contributed by atoms with Crippen LogP contribution in [0.4, 0.5) is 0 Å². The summed E-state index contributed by atoms with van der Waals surface area (Å²) in [4.78, 5) is 27.2. The standard InChI is InChI=1S/C18H22N6O2/c1-9-6-10(2)20-17(25)13(9)8-19-18(26)15-7-14(21-22-15)16-11(3)23-24(5)12(16)4/h6-7H,8H2,1-5H3,(H,19,26)(H,20,25)(H,21,22). The summed E-state index contributed by atoms with van der Waals surface area (Å²) in [5, 5.41) is 14.1. The van der Waals surface area contributed by atoms with Crippen molar-refractivity contribution in [3.05, 3.63) is 56.4 Å². The molecule has 0 aliphatic rings. The molecule has 8 nitrogen and oxygen atoms in total. The van der Waals surface area contributed by atoms with Crippen LogP contribution in [0.2, 0.25) is 0 Å². The zero-order valence-electron chi connectivity index (χ0n) is 15.5. The van der Waals surface area contributed by atoms with Gasteiger partial charge in [0.25, 0.3) is 11.5 Å². The molecule has 3 aromatic heterocycles. The molecule has 0 spiro atoms. The Morgan fingerprint density at radius 2 is 1.96 bits per heavy atom. The predicted octanol–water partition coefficient (Wildman–Crippen LogP) is 1.66. The Labute approximate surface area is 150 Å². The Kier molecular flexibility index (Phi) is 4.50. The first-order valence-corrected chi connectivity index (χ1v) is 8.31. The van der Waals surface area contributed by atoms with E-state index in [1.165, 1.54) is 0 Å². The van der Waals surface area contributed by atoms with Crippen molar-refractivity contribution >= 4 is 5.91 Å². The van der Waals surface area contributed by atoms with Crippen LogP contribution in [0, 0.1) is 27.7 Å². The minimum absolute atomic E-state index is 0.152. The van der Waals surface area contributed by atoms with Crippen molar-refractivity contribution in [2.24, 2.45) is 7.05 Å². The highest BCUT2D eigenvalue weighted by Crippen LogP contribution is 2.25. The second-order valence-corrected chi connectivity index (χ2v) is 6.46. The molecule has 3 heterocycles. The van der Waals surface area contributed by atoms with Crippen LogP contribution in [0.15, 0.2) is 16.9 Å². The molecule has 136 valence electrons. The average molecular weight is 354 g/mol. The van der Waals surface area contributed by atoms with E-state index in [1.54, 1.807) is 10.7 Å². The molecular weight excluding hydrogens is 332 g/mol. The Hall–Kier alpha value is -3.16. The quantitative estimate of drug-likeness (QED) is 0.662. The summed E-state index contributed by atoms with van der Waals surface area (Å²) in [6.07, 6.45) is 0. The maximum Gasteiger partial charge on any atom is 0.269 e. The summed E-state index contributed by atoms with van der Waals surface area (Å²) < 4.78 is 1.78. The number of aromatic amines is 2. The largest absolute Gasteiger partial charge is 0.346 e. The number of nitrogens with one attached hydrogen (secondary N) is 3. The van der Waals surface area contributed by atoms with Crippen LogP contribution in [-0.4, -0.2) is 30.9 Å². The fraction of sp³-hybridized carbons (Fsp3) is 0.333. The summed E-state index contributed by atoms with van der Waals surface area (Å²) in [6.45, 7) is 7.69. The number of carbonyl (C=O) groups is 1. The number of rotatable bonds is 4. The summed E-state index contributed by atoms with van der Waals surface area (Å²) in [5.74, 6) is -0.317. The number of aryl methyl sites for hydroxylation is 4. The maximum atomic E-state index is 12.4. The van der Waals surface area contributed by atoms with E-state index in [4.69, 9.17) is 0 Å². The average Bonchev–Trinajstić information content (AvgIpc) is 3.11. The summed E-state index contributed by atoms with van der Waals surface area (Å²) >= 11 is 0. The minimum atomic E-state index is -0.317. The highest BCUT2D eigenvalue weighted by molar-refractivity contribution is 5.93. The molecule has 3 rings (SSSR count). The number of carbonyl (C=O) groups excluding carboxylic acids is 1. The summed E-state index contributed by atoms with van der Waals surface area (Å²) in [6, 6.07) is 3.57. The lowest BCUT2D eigenvalue weighted by molar-refractivity contribution is 0.0945. The van der Waals surface area contributed by atoms with E-state index in [0.717, 1.165) is 28.2 Å². The lowest BCUT2D eigenvalue weighted by Gasteiger charge is -2.07. The van der Waals surface area contributed by atoms with E-state index >= 15 is 0 Å². The molecule has 0 atom stereocenters. The molecule has 0 fully saturated rings. The molecule has 0 unspecified atom stereocenters. The number of hydrogen-bond acceptors (Lipinski definition) is 4. The highest BCUT2D eigenvalue weighted by atomic mass is 16.2. The van der Waals surface area contributed by atoms with E-state index < -0.39 is 0 Å². The molecule has 1 amide bonds. The first-order valence-electron chi connectivity index (χ1n) is 8.31. The number of nitrogens with zero attached hydrogens (tertiary/aromatic N) is 3. The van der Waals surface area contributed by atoms with E-state index in [0.29, 0.717) is 17.0 Å². The van der Waals surface area contributed by atoms with Crippen molar-refractivity contribution in [3.8, 4) is 11.3 Å². The molecule has 0 aromatic carbocycles. The third-order valence-electron chi connectivity index (χ3n) is 4.51. The van der Waals surface area contributed by atoms with Gasteiger partial charge in [0.15, 0.2) is 0 Å². The molecule has 0 bridgehead atoms. The van der Waals surface area contributed by atoms with Gasteiger partial charge in [-0.15, -0.1) is 0 Å². The Morgan fingerprint density at radius 1 is 1.23 bits per heavy atom. The van der Waals surface area contributed by atoms with Crippen molar-refractivity contribution in [1.29, 1.82) is 0 Å². The van der Waals surface area contributed by atoms with Gasteiger partial charge in [-0.3, -0.25) is 19.4 Å². The van der Waals surface area contributed by atoms with Crippen LogP contribution in [0.5, 0.6) is 0 Å². The molecule has 26 heavy (non-hydrogen) atoms. The van der Waals surface area contributed by atoms with Crippen LogP contribution >= 0.6 is 0 Å². The van der Waals surface area contributed by atoms with E-state index in [-0.39, 0.29) is 18.0 Å². The van der Waals surface area contributed by atoms with Gasteiger partial charge in [-0.25, -0.2) is 0 Å². The van der Waals surface area contributed by atoms with E-state index in [2.05, 4.69) is 25.6 Å². The van der Waals surface area contributed by atoms with Crippen molar-refractivity contribution in [2.45, 2.75) is 34.2 Å². The first kappa shape index (κ1) is 17.7. The van der Waals surface area contributed by atoms with E-state index in [9.17, 15) is 9.59 Å². The summed E-state index contributed by atoms with van der Waals surface area (Å²) in [5.41, 5.74) is 5.74. The molecule has 0 saturated carbocycles. The maximum absolute atomic E-state index is 12.4. The molecule has 3 aromatic rings. The smallest absolute Gasteiger partial charge is 0.269 e. The summed E-state index contributed by atoms with van der Waals surface area (Å²) in [7, 11) is 1.87. The fourth-order valence-electron chi connectivity index (χ4n) is 3.08. The zero-order valence-corrected chi connectivity index (χ0v) is 15.5. The van der Waals surface area contributed by atoms with Gasteiger partial charge in [0.05, 0.1) is 11.4 Å². The molecule has 0 radical (unpaired) electrons. The Bertz CT molecular complexity index is 1040. The molecule has 8 heteroatoms. The first-order chi connectivity index (χ1) is 12.3. The van der Waals surface area contributed by atoms with Gasteiger partial charge in [0, 0.05) is 36.1 Å². The van der Waals surface area contributed by atoms with Crippen LogP contribution < -0.4 is 10.9 Å². The van der Waals surface area contributed by atoms with Crippen molar-refractivity contribution in [3.63, 3.8) is 0 Å². The van der Waals surface area contributed by atoms with Gasteiger partial charge in [-0.1, -0.05) is 0 Å². The van der Waals surface area contributed by atoms with Crippen LogP contribution in [0.3, 0.4) is 0 Å². The lowest BCUT2D eigenvalue weighted by atomic mass is 10.1. The Morgan fingerprint density at radius 3 is 2.58 bits per heavy atom. The van der Waals surface area contributed by atoms with Gasteiger partial charge in [-0.05, 0) is 45.4 Å². The zero-order chi connectivity index (χ0) is 19.0. The highest BCUT2D eigenvalue weighted by Gasteiger charge is 2.17. The predicted molar refractivity (Wildman–Crippen MR) is 98.0 cm³/mol. The second kappa shape index (κ2) is 6.62. The monoisotopic (exact) mass is 354 g/mol. The molecule has 3 N–H and O–H groups in total. The number of pyridine rings is 1. The van der Waals surface area contributed by atoms with Crippen LogP contribution in [0.25, 0.3) is 11.3 Å². The third kappa shape index (κ3) is 3.17. The third-order valence-corrected chi connectivity index (χ3v) is 4.51. The van der Waals surface area contributed by atoms with Crippen LogP contribution in [0.1, 0.15) is 38.7 Å². The Balaban J connectivity index is 1.78. The van der Waals surface area contributed by atoms with Gasteiger partial charge < -0.3 is 10.3 Å². The number of amides is 1. The van der Waals surface area contributed by atoms with Crippen LogP contribution in [-0.2, 0) is 13.6 Å².